The van der Waals surface area contributed by atoms with Crippen LogP contribution in [-0.4, -0.2) is 11.7 Å². The highest BCUT2D eigenvalue weighted by molar-refractivity contribution is 6.23. The van der Waals surface area contributed by atoms with E-state index in [4.69, 9.17) is 14.4 Å². The lowest BCUT2D eigenvalue weighted by molar-refractivity contribution is 0.669. The zero-order chi connectivity index (χ0) is 35.1. The molecule has 9 aromatic rings. The van der Waals surface area contributed by atoms with Gasteiger partial charge in [-0.2, -0.15) is 0 Å². The third-order valence-electron chi connectivity index (χ3n) is 10.2. The number of benzene rings is 8. The highest BCUT2D eigenvalue weighted by Crippen LogP contribution is 2.37. The van der Waals surface area contributed by atoms with Gasteiger partial charge < -0.3 is 9.73 Å². The highest BCUT2D eigenvalue weighted by atomic mass is 16.3. The van der Waals surface area contributed by atoms with Crippen molar-refractivity contribution < 1.29 is 4.42 Å². The summed E-state index contributed by atoms with van der Waals surface area (Å²) in [4.78, 5) is 10.4. The van der Waals surface area contributed by atoms with Crippen molar-refractivity contribution in [1.82, 2.24) is 5.32 Å². The van der Waals surface area contributed by atoms with E-state index in [-0.39, 0.29) is 0 Å². The Labute approximate surface area is 307 Å². The standard InChI is InChI=1S/C49H33N3O/c1-3-11-32(12-4-1)33-21-23-34(24-22-33)39-29-30-42-45(31-39)53-44-20-10-19-43(46(42)44)49-51-47(37-14-5-2-6-15-37)50-48(52-49)38-27-25-36(26-28-38)41-18-9-16-35-13-7-8-17-40(35)41/h1-31,48H,(H,50,51,52). The van der Waals surface area contributed by atoms with E-state index in [0.29, 0.717) is 0 Å². The molecule has 0 bridgehead atoms. The van der Waals surface area contributed by atoms with Crippen molar-refractivity contribution in [3.63, 3.8) is 0 Å². The van der Waals surface area contributed by atoms with E-state index in [0.717, 1.165) is 67.0 Å². The summed E-state index contributed by atoms with van der Waals surface area (Å²) >= 11 is 0. The van der Waals surface area contributed by atoms with E-state index in [1.807, 2.05) is 36.4 Å². The van der Waals surface area contributed by atoms with E-state index >= 15 is 0 Å². The van der Waals surface area contributed by atoms with Crippen LogP contribution in [0.3, 0.4) is 0 Å². The van der Waals surface area contributed by atoms with Gasteiger partial charge >= 0.3 is 0 Å². The molecular weight excluding hydrogens is 647 g/mol. The fourth-order valence-corrected chi connectivity index (χ4v) is 7.48. The number of furan rings is 1. The number of nitrogens with one attached hydrogen (secondary N) is 1. The maximum atomic E-state index is 6.53. The Morgan fingerprint density at radius 2 is 0.981 bits per heavy atom. The van der Waals surface area contributed by atoms with Crippen molar-refractivity contribution >= 4 is 44.4 Å². The SMILES string of the molecule is c1ccc(C2=NC(c3ccc(-c4cccc5ccccc45)cc3)N=C(c3cccc4oc5cc(-c6ccc(-c7ccccc7)cc6)ccc5c34)N2)cc1. The van der Waals surface area contributed by atoms with Crippen LogP contribution in [0.1, 0.15) is 22.9 Å². The van der Waals surface area contributed by atoms with Crippen LogP contribution >= 0.6 is 0 Å². The molecule has 8 aromatic carbocycles. The van der Waals surface area contributed by atoms with Gasteiger partial charge in [0, 0.05) is 21.9 Å². The third-order valence-corrected chi connectivity index (χ3v) is 10.2. The maximum Gasteiger partial charge on any atom is 0.169 e. The maximum absolute atomic E-state index is 6.53. The highest BCUT2D eigenvalue weighted by Gasteiger charge is 2.24. The second-order valence-corrected chi connectivity index (χ2v) is 13.4. The monoisotopic (exact) mass is 679 g/mol. The molecule has 1 aliphatic heterocycles. The fourth-order valence-electron chi connectivity index (χ4n) is 7.48. The molecule has 4 nitrogen and oxygen atoms in total. The summed E-state index contributed by atoms with van der Waals surface area (Å²) in [6.07, 6.45) is -0.429. The van der Waals surface area contributed by atoms with E-state index in [9.17, 15) is 0 Å². The fraction of sp³-hybridized carbons (Fsp3) is 0.0204. The third kappa shape index (κ3) is 5.67. The van der Waals surface area contributed by atoms with Gasteiger partial charge in [0.1, 0.15) is 22.8 Å². The molecular formula is C49H33N3O. The van der Waals surface area contributed by atoms with Crippen LogP contribution < -0.4 is 5.32 Å². The van der Waals surface area contributed by atoms with Gasteiger partial charge in [-0.1, -0.05) is 170 Å². The van der Waals surface area contributed by atoms with Crippen LogP contribution in [-0.2, 0) is 0 Å². The molecule has 53 heavy (non-hydrogen) atoms. The first-order chi connectivity index (χ1) is 26.2. The number of amidine groups is 2. The molecule has 250 valence electrons. The van der Waals surface area contributed by atoms with Crippen LogP contribution in [0.25, 0.3) is 66.1 Å². The number of nitrogens with zero attached hydrogens (tertiary/aromatic N) is 2. The lowest BCUT2D eigenvalue weighted by Crippen LogP contribution is -2.36. The molecule has 0 fully saturated rings. The molecule has 2 heterocycles. The van der Waals surface area contributed by atoms with Crippen molar-refractivity contribution in [3.05, 3.63) is 205 Å². The second-order valence-electron chi connectivity index (χ2n) is 13.4. The minimum atomic E-state index is -0.429. The average Bonchev–Trinajstić information content (AvgIpc) is 3.62. The van der Waals surface area contributed by atoms with E-state index in [2.05, 4.69) is 157 Å². The quantitative estimate of drug-likeness (QED) is 0.190. The van der Waals surface area contributed by atoms with Crippen LogP contribution in [0.4, 0.5) is 0 Å². The predicted molar refractivity (Wildman–Crippen MR) is 219 cm³/mol. The number of hydrogen-bond acceptors (Lipinski definition) is 4. The molecule has 1 aromatic heterocycles. The van der Waals surface area contributed by atoms with Gasteiger partial charge in [-0.3, -0.25) is 0 Å². The topological polar surface area (TPSA) is 49.9 Å². The first kappa shape index (κ1) is 30.8. The Kier molecular flexibility index (Phi) is 7.51. The van der Waals surface area contributed by atoms with E-state index in [1.165, 1.54) is 27.5 Å². The molecule has 0 radical (unpaired) electrons. The molecule has 0 spiro atoms. The Bertz CT molecular complexity index is 2830. The first-order valence-corrected chi connectivity index (χ1v) is 17.9. The van der Waals surface area contributed by atoms with Crippen molar-refractivity contribution in [2.24, 2.45) is 9.98 Å². The zero-order valence-corrected chi connectivity index (χ0v) is 28.8. The first-order valence-electron chi connectivity index (χ1n) is 17.9. The number of hydrogen-bond donors (Lipinski definition) is 1. The smallest absolute Gasteiger partial charge is 0.169 e. The van der Waals surface area contributed by atoms with Crippen molar-refractivity contribution in [2.75, 3.05) is 0 Å². The van der Waals surface area contributed by atoms with Crippen molar-refractivity contribution in [2.45, 2.75) is 6.17 Å². The van der Waals surface area contributed by atoms with Crippen LogP contribution in [0, 0.1) is 0 Å². The van der Waals surface area contributed by atoms with Gasteiger partial charge in [-0.25, -0.2) is 9.98 Å². The molecule has 0 saturated heterocycles. The van der Waals surface area contributed by atoms with Crippen LogP contribution in [0.2, 0.25) is 0 Å². The summed E-state index contributed by atoms with van der Waals surface area (Å²) in [5.74, 6) is 1.54. The minimum Gasteiger partial charge on any atom is -0.456 e. The normalized spacial score (nSPS) is 14.2. The van der Waals surface area contributed by atoms with Gasteiger partial charge in [0.15, 0.2) is 6.17 Å². The number of rotatable bonds is 6. The zero-order valence-electron chi connectivity index (χ0n) is 28.8. The number of fused-ring (bicyclic) bond motifs is 4. The largest absolute Gasteiger partial charge is 0.456 e. The Morgan fingerprint density at radius 1 is 0.396 bits per heavy atom. The number of aliphatic imine (C=N–C) groups is 2. The summed E-state index contributed by atoms with van der Waals surface area (Å²) in [6.45, 7) is 0. The molecule has 10 rings (SSSR count). The van der Waals surface area contributed by atoms with Crippen molar-refractivity contribution in [3.8, 4) is 33.4 Å². The molecule has 1 N–H and O–H groups in total. The van der Waals surface area contributed by atoms with Gasteiger partial charge in [0.05, 0.1) is 0 Å². The molecule has 0 saturated carbocycles. The molecule has 1 unspecified atom stereocenters. The summed E-state index contributed by atoms with van der Waals surface area (Å²) in [6, 6.07) is 65.8. The molecule has 0 aliphatic carbocycles. The van der Waals surface area contributed by atoms with Gasteiger partial charge in [-0.05, 0) is 67.9 Å². The molecule has 1 aliphatic rings. The Balaban J connectivity index is 1.03. The van der Waals surface area contributed by atoms with Gasteiger partial charge in [-0.15, -0.1) is 0 Å². The summed E-state index contributed by atoms with van der Waals surface area (Å²) < 4.78 is 6.53. The lowest BCUT2D eigenvalue weighted by atomic mass is 9.97. The minimum absolute atomic E-state index is 0.429. The van der Waals surface area contributed by atoms with E-state index in [1.54, 1.807) is 0 Å². The van der Waals surface area contributed by atoms with Crippen LogP contribution in [0.5, 0.6) is 0 Å². The summed E-state index contributed by atoms with van der Waals surface area (Å²) in [5, 5.41) is 8.15. The Morgan fingerprint density at radius 3 is 1.77 bits per heavy atom. The van der Waals surface area contributed by atoms with Crippen molar-refractivity contribution in [1.29, 1.82) is 0 Å². The lowest BCUT2D eigenvalue weighted by Gasteiger charge is -2.23. The second kappa shape index (κ2) is 12.9. The van der Waals surface area contributed by atoms with Gasteiger partial charge in [0.2, 0.25) is 0 Å². The van der Waals surface area contributed by atoms with E-state index < -0.39 is 6.17 Å². The molecule has 4 heteroatoms. The average molecular weight is 680 g/mol. The van der Waals surface area contributed by atoms with Gasteiger partial charge in [0.25, 0.3) is 0 Å². The summed E-state index contributed by atoms with van der Waals surface area (Å²) in [5.41, 5.74) is 11.7. The summed E-state index contributed by atoms with van der Waals surface area (Å²) in [7, 11) is 0. The Hall–Kier alpha value is -7.04. The predicted octanol–water partition coefficient (Wildman–Crippen LogP) is 12.2. The molecule has 0 amide bonds. The molecule has 1 atom stereocenters. The van der Waals surface area contributed by atoms with Crippen LogP contribution in [0.15, 0.2) is 202 Å².